The van der Waals surface area contributed by atoms with Crippen LogP contribution in [0.2, 0.25) is 0 Å². The second-order valence-electron chi connectivity index (χ2n) is 13.0. The fourth-order valence-electron chi connectivity index (χ4n) is 5.95. The Bertz CT molecular complexity index is 1870. The second-order valence-corrected chi connectivity index (χ2v) is 15.3. The summed E-state index contributed by atoms with van der Waals surface area (Å²) in [4.78, 5) is 14.5. The predicted molar refractivity (Wildman–Crippen MR) is 214 cm³/mol. The Labute approximate surface area is 330 Å². The topological polar surface area (TPSA) is 108 Å². The van der Waals surface area contributed by atoms with Crippen LogP contribution >= 0.6 is 7.60 Å². The quantitative estimate of drug-likeness (QED) is 0.0535. The SMILES string of the molecule is COc1ccc(CO[C@H](COCc2ccccc2)[C@H](OCc2ccccc2)[C@H](OCc2ccccc2)[C@@H](OCc2ccccc2)C(=O)CP(=O)(OC)OC)cc1. The molecular formula is C45H51O10P. The molecule has 0 saturated heterocycles. The van der Waals surface area contributed by atoms with E-state index in [0.717, 1.165) is 33.6 Å². The smallest absolute Gasteiger partial charge is 0.337 e. The molecule has 0 aromatic heterocycles. The van der Waals surface area contributed by atoms with E-state index in [1.54, 1.807) is 7.11 Å². The first-order chi connectivity index (χ1) is 27.4. The van der Waals surface area contributed by atoms with Crippen LogP contribution in [0.5, 0.6) is 5.75 Å². The lowest BCUT2D eigenvalue weighted by atomic mass is 9.99. The van der Waals surface area contributed by atoms with Crippen LogP contribution in [0.15, 0.2) is 146 Å². The molecule has 5 aromatic rings. The number of methoxy groups -OCH3 is 1. The summed E-state index contributed by atoms with van der Waals surface area (Å²) in [6.07, 6.45) is -4.71. The monoisotopic (exact) mass is 782 g/mol. The van der Waals surface area contributed by atoms with E-state index in [-0.39, 0.29) is 33.0 Å². The van der Waals surface area contributed by atoms with Crippen LogP contribution in [-0.2, 0) is 75.1 Å². The zero-order valence-electron chi connectivity index (χ0n) is 32.1. The van der Waals surface area contributed by atoms with E-state index in [0.29, 0.717) is 6.61 Å². The fourth-order valence-corrected chi connectivity index (χ4v) is 6.92. The van der Waals surface area contributed by atoms with Crippen LogP contribution in [0, 0.1) is 0 Å². The van der Waals surface area contributed by atoms with Gasteiger partial charge in [-0.15, -0.1) is 0 Å². The summed E-state index contributed by atoms with van der Waals surface area (Å²) in [6, 6.07) is 46.2. The van der Waals surface area contributed by atoms with Crippen LogP contribution in [0.25, 0.3) is 0 Å². The van der Waals surface area contributed by atoms with Gasteiger partial charge < -0.3 is 37.5 Å². The van der Waals surface area contributed by atoms with E-state index in [9.17, 15) is 9.36 Å². The second kappa shape index (κ2) is 22.9. The molecule has 0 saturated carbocycles. The zero-order valence-corrected chi connectivity index (χ0v) is 33.0. The molecule has 0 bridgehead atoms. The van der Waals surface area contributed by atoms with Gasteiger partial charge in [0.05, 0.1) is 46.8 Å². The maximum atomic E-state index is 14.5. The van der Waals surface area contributed by atoms with Gasteiger partial charge in [0.1, 0.15) is 36.3 Å². The first kappa shape index (κ1) is 42.7. The van der Waals surface area contributed by atoms with Crippen LogP contribution in [0.4, 0.5) is 0 Å². The summed E-state index contributed by atoms with van der Waals surface area (Å²) in [6.45, 7) is 0.890. The average molecular weight is 783 g/mol. The molecule has 0 amide bonds. The van der Waals surface area contributed by atoms with E-state index >= 15 is 0 Å². The van der Waals surface area contributed by atoms with Crippen LogP contribution in [-0.4, -0.2) is 64.3 Å². The minimum absolute atomic E-state index is 0.0555. The third-order valence-electron chi connectivity index (χ3n) is 9.07. The van der Waals surface area contributed by atoms with Crippen molar-refractivity contribution in [3.8, 4) is 5.75 Å². The van der Waals surface area contributed by atoms with Gasteiger partial charge in [-0.2, -0.15) is 0 Å². The highest BCUT2D eigenvalue weighted by molar-refractivity contribution is 7.54. The van der Waals surface area contributed by atoms with Crippen molar-refractivity contribution in [3.05, 3.63) is 173 Å². The van der Waals surface area contributed by atoms with Gasteiger partial charge in [-0.1, -0.05) is 133 Å². The summed E-state index contributed by atoms with van der Waals surface area (Å²) in [5.41, 5.74) is 4.46. The molecule has 0 aliphatic heterocycles. The number of ether oxygens (including phenoxy) is 6. The molecule has 5 aromatic carbocycles. The molecule has 0 N–H and O–H groups in total. The Morgan fingerprint density at radius 3 is 1.38 bits per heavy atom. The first-order valence-corrected chi connectivity index (χ1v) is 20.2. The Kier molecular flexibility index (Phi) is 17.5. The van der Waals surface area contributed by atoms with E-state index in [1.807, 2.05) is 146 Å². The van der Waals surface area contributed by atoms with Crippen molar-refractivity contribution < 1.29 is 46.8 Å². The minimum Gasteiger partial charge on any atom is -0.497 e. The molecule has 5 rings (SSSR count). The van der Waals surface area contributed by atoms with E-state index in [4.69, 9.17) is 37.5 Å². The number of rotatable bonds is 25. The van der Waals surface area contributed by atoms with Gasteiger partial charge in [0.25, 0.3) is 0 Å². The van der Waals surface area contributed by atoms with Gasteiger partial charge >= 0.3 is 7.60 Å². The molecular weight excluding hydrogens is 731 g/mol. The lowest BCUT2D eigenvalue weighted by molar-refractivity contribution is -0.200. The number of Topliss-reactive ketones (excluding diaryl/α,β-unsaturated/α-hetero) is 1. The lowest BCUT2D eigenvalue weighted by Crippen LogP contribution is -2.53. The Balaban J connectivity index is 1.57. The van der Waals surface area contributed by atoms with Crippen molar-refractivity contribution >= 4 is 13.4 Å². The van der Waals surface area contributed by atoms with Crippen molar-refractivity contribution in [1.82, 2.24) is 0 Å². The van der Waals surface area contributed by atoms with E-state index < -0.39 is 44.0 Å². The van der Waals surface area contributed by atoms with Crippen molar-refractivity contribution in [2.45, 2.75) is 57.5 Å². The summed E-state index contributed by atoms with van der Waals surface area (Å²) in [7, 11) is 0.292. The van der Waals surface area contributed by atoms with Gasteiger partial charge in [0.15, 0.2) is 5.78 Å². The highest BCUT2D eigenvalue weighted by Gasteiger charge is 2.44. The van der Waals surface area contributed by atoms with Gasteiger partial charge in [-0.25, -0.2) is 0 Å². The molecule has 0 fully saturated rings. The first-order valence-electron chi connectivity index (χ1n) is 18.5. The number of carbonyl (C=O) groups excluding carboxylic acids is 1. The molecule has 0 heterocycles. The van der Waals surface area contributed by atoms with Crippen LogP contribution in [0.1, 0.15) is 27.8 Å². The Morgan fingerprint density at radius 2 is 0.911 bits per heavy atom. The lowest BCUT2D eigenvalue weighted by Gasteiger charge is -2.37. The molecule has 0 aliphatic carbocycles. The summed E-state index contributed by atoms with van der Waals surface area (Å²) >= 11 is 0. The van der Waals surface area contributed by atoms with Gasteiger partial charge in [0.2, 0.25) is 0 Å². The molecule has 296 valence electrons. The highest BCUT2D eigenvalue weighted by Crippen LogP contribution is 2.46. The van der Waals surface area contributed by atoms with E-state index in [2.05, 4.69) is 0 Å². The molecule has 4 atom stereocenters. The summed E-state index contributed by atoms with van der Waals surface area (Å²) in [5.74, 6) is 0.176. The number of hydrogen-bond acceptors (Lipinski definition) is 10. The maximum absolute atomic E-state index is 14.5. The van der Waals surface area contributed by atoms with Crippen molar-refractivity contribution in [2.75, 3.05) is 34.1 Å². The van der Waals surface area contributed by atoms with Gasteiger partial charge in [0, 0.05) is 14.2 Å². The molecule has 0 spiro atoms. The third kappa shape index (κ3) is 13.6. The summed E-state index contributed by atoms with van der Waals surface area (Å²) in [5, 5.41) is 0. The van der Waals surface area contributed by atoms with Crippen molar-refractivity contribution in [1.29, 1.82) is 0 Å². The van der Waals surface area contributed by atoms with Crippen molar-refractivity contribution in [3.63, 3.8) is 0 Å². The Morgan fingerprint density at radius 1 is 0.500 bits per heavy atom. The molecule has 0 unspecified atom stereocenters. The Hall–Kier alpha value is -4.48. The normalized spacial score (nSPS) is 13.8. The molecule has 56 heavy (non-hydrogen) atoms. The predicted octanol–water partition coefficient (Wildman–Crippen LogP) is 8.61. The maximum Gasteiger partial charge on any atom is 0.337 e. The standard InChI is InChI=1S/C45H51O10P/c1-48-40-26-24-39(25-27-40)29-52-42(33-51-28-35-16-8-4-9-17-35)44(54-31-37-20-12-6-13-21-37)45(55-32-38-22-14-7-15-23-38)43(41(46)34-56(47,49-2)50-3)53-30-36-18-10-5-11-19-36/h4-27,42-45H,28-34H2,1-3H3/t42-,43+,44+,45-/m1/s1. The van der Waals surface area contributed by atoms with Crippen molar-refractivity contribution in [2.24, 2.45) is 0 Å². The molecule has 10 nitrogen and oxygen atoms in total. The largest absolute Gasteiger partial charge is 0.497 e. The highest BCUT2D eigenvalue weighted by atomic mass is 31.2. The minimum atomic E-state index is -3.82. The number of ketones is 1. The fraction of sp³-hybridized carbons (Fsp3) is 0.311. The molecule has 11 heteroatoms. The molecule has 0 radical (unpaired) electrons. The molecule has 0 aliphatic rings. The van der Waals surface area contributed by atoms with Crippen LogP contribution in [0.3, 0.4) is 0 Å². The van der Waals surface area contributed by atoms with E-state index in [1.165, 1.54) is 14.2 Å². The number of hydrogen-bond donors (Lipinski definition) is 0. The van der Waals surface area contributed by atoms with Gasteiger partial charge in [-0.05, 0) is 39.9 Å². The average Bonchev–Trinajstić information content (AvgIpc) is 3.25. The summed E-state index contributed by atoms with van der Waals surface area (Å²) < 4.78 is 62.5. The van der Waals surface area contributed by atoms with Crippen LogP contribution < -0.4 is 4.74 Å². The zero-order chi connectivity index (χ0) is 39.4. The third-order valence-corrected chi connectivity index (χ3v) is 10.9. The number of benzene rings is 5. The van der Waals surface area contributed by atoms with Gasteiger partial charge in [-0.3, -0.25) is 9.36 Å². The number of carbonyl (C=O) groups is 1.